The molecule has 1 aromatic heterocycles. The van der Waals surface area contributed by atoms with E-state index in [2.05, 4.69) is 27.8 Å². The second kappa shape index (κ2) is 9.04. The van der Waals surface area contributed by atoms with E-state index in [1.165, 1.54) is 44.0 Å². The van der Waals surface area contributed by atoms with Crippen LogP contribution in [0, 0.1) is 5.41 Å². The van der Waals surface area contributed by atoms with Gasteiger partial charge in [0.2, 0.25) is 5.91 Å². The molecule has 0 bridgehead atoms. The molecule has 2 saturated heterocycles. The van der Waals surface area contributed by atoms with Crippen LogP contribution in [0.1, 0.15) is 38.3 Å². The summed E-state index contributed by atoms with van der Waals surface area (Å²) in [5.41, 5.74) is 1.41. The predicted octanol–water partition coefficient (Wildman–Crippen LogP) is 3.08. The third-order valence-corrected chi connectivity index (χ3v) is 6.49. The van der Waals surface area contributed by atoms with E-state index in [4.69, 9.17) is 0 Å². The van der Waals surface area contributed by atoms with Gasteiger partial charge in [0.1, 0.15) is 0 Å². The summed E-state index contributed by atoms with van der Waals surface area (Å²) in [6, 6.07) is 6.02. The highest BCUT2D eigenvalue weighted by atomic mass is 32.2. The van der Waals surface area contributed by atoms with Crippen LogP contribution in [0.25, 0.3) is 0 Å². The fraction of sp³-hybridized carbons (Fsp3) is 0.700. The fourth-order valence-corrected chi connectivity index (χ4v) is 4.95. The van der Waals surface area contributed by atoms with E-state index in [0.29, 0.717) is 11.3 Å². The van der Waals surface area contributed by atoms with Crippen molar-refractivity contribution in [2.45, 2.75) is 39.0 Å². The van der Waals surface area contributed by atoms with E-state index < -0.39 is 0 Å². The zero-order chi connectivity index (χ0) is 17.5. The van der Waals surface area contributed by atoms with E-state index in [1.807, 2.05) is 30.1 Å². The minimum atomic E-state index is 0.327. The summed E-state index contributed by atoms with van der Waals surface area (Å²) in [6.07, 6.45) is 7.04. The SMILES string of the molecule is CCSCCN1CCC[C@@]2(CCC(=O)N(CCc3ccccn3)C2)C1. The molecule has 3 rings (SSSR count). The van der Waals surface area contributed by atoms with E-state index in [-0.39, 0.29) is 0 Å². The van der Waals surface area contributed by atoms with Gasteiger partial charge >= 0.3 is 0 Å². The molecule has 0 aliphatic carbocycles. The highest BCUT2D eigenvalue weighted by Crippen LogP contribution is 2.38. The first-order valence-electron chi connectivity index (χ1n) is 9.69. The van der Waals surface area contributed by atoms with Crippen LogP contribution in [0.2, 0.25) is 0 Å². The first-order chi connectivity index (χ1) is 12.2. The minimum absolute atomic E-state index is 0.327. The number of thioether (sulfide) groups is 1. The maximum absolute atomic E-state index is 12.4. The van der Waals surface area contributed by atoms with E-state index in [1.54, 1.807) is 0 Å². The van der Waals surface area contributed by atoms with Crippen LogP contribution >= 0.6 is 11.8 Å². The Bertz CT molecular complexity index is 553. The van der Waals surface area contributed by atoms with Gasteiger partial charge < -0.3 is 9.80 Å². The summed E-state index contributed by atoms with van der Waals surface area (Å²) in [5, 5.41) is 0. The maximum Gasteiger partial charge on any atom is 0.222 e. The molecule has 1 spiro atoms. The zero-order valence-corrected chi connectivity index (χ0v) is 16.3. The minimum Gasteiger partial charge on any atom is -0.342 e. The average molecular weight is 362 g/mol. The number of pyridine rings is 1. The third kappa shape index (κ3) is 5.20. The summed E-state index contributed by atoms with van der Waals surface area (Å²) in [4.78, 5) is 21.6. The molecule has 4 nitrogen and oxygen atoms in total. The number of likely N-dealkylation sites (tertiary alicyclic amines) is 2. The number of piperidine rings is 2. The number of amides is 1. The van der Waals surface area contributed by atoms with Gasteiger partial charge in [0.25, 0.3) is 0 Å². The van der Waals surface area contributed by atoms with Gasteiger partial charge in [0, 0.05) is 62.1 Å². The first kappa shape index (κ1) is 18.7. The van der Waals surface area contributed by atoms with Gasteiger partial charge in [0.05, 0.1) is 0 Å². The molecule has 5 heteroatoms. The largest absolute Gasteiger partial charge is 0.342 e. The molecule has 1 amide bonds. The van der Waals surface area contributed by atoms with Gasteiger partial charge in [-0.2, -0.15) is 11.8 Å². The van der Waals surface area contributed by atoms with Crippen LogP contribution in [0.4, 0.5) is 0 Å². The quantitative estimate of drug-likeness (QED) is 0.699. The Morgan fingerprint density at radius 1 is 1.24 bits per heavy atom. The van der Waals surface area contributed by atoms with Crippen molar-refractivity contribution in [3.63, 3.8) is 0 Å². The summed E-state index contributed by atoms with van der Waals surface area (Å²) >= 11 is 2.03. The van der Waals surface area contributed by atoms with Crippen LogP contribution < -0.4 is 0 Å². The molecule has 1 atom stereocenters. The molecule has 0 N–H and O–H groups in total. The highest BCUT2D eigenvalue weighted by Gasteiger charge is 2.41. The summed E-state index contributed by atoms with van der Waals surface area (Å²) in [6.45, 7) is 7.58. The van der Waals surface area contributed by atoms with Gasteiger partial charge in [-0.25, -0.2) is 0 Å². The number of nitrogens with zero attached hydrogens (tertiary/aromatic N) is 3. The Labute approximate surface area is 156 Å². The monoisotopic (exact) mass is 361 g/mol. The lowest BCUT2D eigenvalue weighted by molar-refractivity contribution is -0.139. The molecule has 3 heterocycles. The third-order valence-electron chi connectivity index (χ3n) is 5.61. The standard InChI is InChI=1S/C20H31N3OS/c1-2-25-15-14-22-12-5-9-20(16-22)10-7-19(24)23(17-20)13-8-18-6-3-4-11-21-18/h3-4,6,11H,2,5,7-10,12-17H2,1H3/t20-/m1/s1. The molecule has 0 saturated carbocycles. The molecule has 1 aromatic rings. The molecular weight excluding hydrogens is 330 g/mol. The molecule has 2 fully saturated rings. The van der Waals surface area contributed by atoms with Gasteiger partial charge in [-0.1, -0.05) is 13.0 Å². The van der Waals surface area contributed by atoms with Gasteiger partial charge in [0.15, 0.2) is 0 Å². The number of carbonyl (C=O) groups excluding carboxylic acids is 1. The Balaban J connectivity index is 1.56. The molecule has 2 aliphatic heterocycles. The van der Waals surface area contributed by atoms with Crippen LogP contribution in [-0.4, -0.2) is 64.9 Å². The van der Waals surface area contributed by atoms with E-state index in [9.17, 15) is 4.79 Å². The average Bonchev–Trinajstić information content (AvgIpc) is 2.64. The number of hydrogen-bond acceptors (Lipinski definition) is 4. The van der Waals surface area contributed by atoms with Gasteiger partial charge in [-0.15, -0.1) is 0 Å². The normalized spacial score (nSPS) is 24.8. The van der Waals surface area contributed by atoms with E-state index in [0.717, 1.165) is 38.0 Å². The number of aromatic nitrogens is 1. The molecule has 2 aliphatic rings. The lowest BCUT2D eigenvalue weighted by Gasteiger charge is -2.48. The van der Waals surface area contributed by atoms with Gasteiger partial charge in [-0.3, -0.25) is 9.78 Å². The van der Waals surface area contributed by atoms with Crippen LogP contribution in [-0.2, 0) is 11.2 Å². The second-order valence-corrected chi connectivity index (χ2v) is 8.86. The van der Waals surface area contributed by atoms with Crippen molar-refractivity contribution in [3.8, 4) is 0 Å². The Kier molecular flexibility index (Phi) is 6.77. The molecule has 138 valence electrons. The number of rotatable bonds is 7. The summed E-state index contributed by atoms with van der Waals surface area (Å²) < 4.78 is 0. The Hall–Kier alpha value is -1.07. The molecular formula is C20H31N3OS. The molecule has 0 radical (unpaired) electrons. The van der Waals surface area contributed by atoms with Crippen molar-refractivity contribution in [2.75, 3.05) is 44.2 Å². The topological polar surface area (TPSA) is 36.4 Å². The van der Waals surface area contributed by atoms with E-state index >= 15 is 0 Å². The summed E-state index contributed by atoms with van der Waals surface area (Å²) in [7, 11) is 0. The molecule has 0 aromatic carbocycles. The van der Waals surface area contributed by atoms with Gasteiger partial charge in [-0.05, 0) is 43.7 Å². The van der Waals surface area contributed by atoms with Crippen LogP contribution in [0.15, 0.2) is 24.4 Å². The fourth-order valence-electron chi connectivity index (χ4n) is 4.27. The predicted molar refractivity (Wildman–Crippen MR) is 105 cm³/mol. The summed E-state index contributed by atoms with van der Waals surface area (Å²) in [5.74, 6) is 2.77. The molecule has 0 unspecified atom stereocenters. The van der Waals surface area contributed by atoms with Crippen molar-refractivity contribution in [1.29, 1.82) is 0 Å². The number of hydrogen-bond donors (Lipinski definition) is 0. The van der Waals surface area contributed by atoms with Crippen molar-refractivity contribution in [2.24, 2.45) is 5.41 Å². The van der Waals surface area contributed by atoms with Crippen molar-refractivity contribution >= 4 is 17.7 Å². The van der Waals surface area contributed by atoms with Crippen molar-refractivity contribution in [1.82, 2.24) is 14.8 Å². The second-order valence-electron chi connectivity index (χ2n) is 7.46. The van der Waals surface area contributed by atoms with Crippen molar-refractivity contribution in [3.05, 3.63) is 30.1 Å². The van der Waals surface area contributed by atoms with Crippen LogP contribution in [0.5, 0.6) is 0 Å². The number of carbonyl (C=O) groups is 1. The zero-order valence-electron chi connectivity index (χ0n) is 15.5. The molecule has 25 heavy (non-hydrogen) atoms. The highest BCUT2D eigenvalue weighted by molar-refractivity contribution is 7.99. The maximum atomic E-state index is 12.4. The smallest absolute Gasteiger partial charge is 0.222 e. The Morgan fingerprint density at radius 3 is 2.96 bits per heavy atom. The van der Waals surface area contributed by atoms with Crippen LogP contribution in [0.3, 0.4) is 0 Å². The first-order valence-corrected chi connectivity index (χ1v) is 10.8. The Morgan fingerprint density at radius 2 is 2.16 bits per heavy atom. The van der Waals surface area contributed by atoms with Crippen molar-refractivity contribution < 1.29 is 4.79 Å². The lowest BCUT2D eigenvalue weighted by atomic mass is 9.73. The lowest BCUT2D eigenvalue weighted by Crippen LogP contribution is -2.54.